The molecule has 188 valence electrons. The van der Waals surface area contributed by atoms with Crippen molar-refractivity contribution >= 4 is 39.7 Å². The molecule has 5 aromatic rings. The van der Waals surface area contributed by atoms with Gasteiger partial charge in [-0.1, -0.05) is 70.0 Å². The zero-order chi connectivity index (χ0) is 26.3. The Hall–Kier alpha value is -4.20. The molecule has 0 saturated heterocycles. The lowest BCUT2D eigenvalue weighted by Gasteiger charge is -2.07. The van der Waals surface area contributed by atoms with Gasteiger partial charge >= 0.3 is 0 Å². The zero-order valence-electron chi connectivity index (χ0n) is 20.1. The highest BCUT2D eigenvalue weighted by atomic mass is 79.9. The van der Waals surface area contributed by atoms with E-state index in [0.717, 1.165) is 38.3 Å². The molecule has 0 aliphatic carbocycles. The van der Waals surface area contributed by atoms with Gasteiger partial charge in [-0.15, -0.1) is 0 Å². The van der Waals surface area contributed by atoms with Crippen molar-refractivity contribution in [1.29, 1.82) is 0 Å². The number of hydrogen-bond acceptors (Lipinski definition) is 4. The number of para-hydroxylation sites is 1. The minimum atomic E-state index is -0.313. The summed E-state index contributed by atoms with van der Waals surface area (Å²) in [5, 5.41) is 9.64. The second-order valence-corrected chi connectivity index (χ2v) is 9.71. The molecule has 4 aromatic carbocycles. The topological polar surface area (TPSA) is 68.5 Å². The number of carbonyl (C=O) groups excluding carboxylic acids is 1. The van der Waals surface area contributed by atoms with Crippen LogP contribution in [0.15, 0.2) is 119 Å². The second kappa shape index (κ2) is 11.9. The van der Waals surface area contributed by atoms with E-state index in [1.165, 1.54) is 0 Å². The van der Waals surface area contributed by atoms with Crippen LogP contribution in [0.5, 0.6) is 5.75 Å². The van der Waals surface area contributed by atoms with Crippen molar-refractivity contribution < 1.29 is 9.53 Å². The van der Waals surface area contributed by atoms with E-state index in [1.807, 2.05) is 85.1 Å². The van der Waals surface area contributed by atoms with E-state index in [2.05, 4.69) is 26.5 Å². The molecule has 8 heteroatoms. The Labute approximate surface area is 233 Å². The molecule has 1 heterocycles. The summed E-state index contributed by atoms with van der Waals surface area (Å²) in [6.07, 6.45) is 3.49. The van der Waals surface area contributed by atoms with Gasteiger partial charge in [0.05, 0.1) is 11.9 Å². The quantitative estimate of drug-likeness (QED) is 0.153. The predicted molar refractivity (Wildman–Crippen MR) is 154 cm³/mol. The fourth-order valence-electron chi connectivity index (χ4n) is 3.70. The van der Waals surface area contributed by atoms with Crippen molar-refractivity contribution in [3.8, 4) is 22.7 Å². The summed E-state index contributed by atoms with van der Waals surface area (Å²) >= 11 is 9.38. The maximum absolute atomic E-state index is 12.7. The van der Waals surface area contributed by atoms with E-state index in [-0.39, 0.29) is 5.91 Å². The number of aromatic nitrogens is 2. The SMILES string of the molecule is O=C(NN=Cc1cn(-c2ccccc2)nc1-c1ccc(Br)cc1)c1ccc(COc2ccc(Cl)cc2)cc1. The highest BCUT2D eigenvalue weighted by Gasteiger charge is 2.12. The van der Waals surface area contributed by atoms with Crippen LogP contribution in [0.4, 0.5) is 0 Å². The van der Waals surface area contributed by atoms with Crippen molar-refractivity contribution in [1.82, 2.24) is 15.2 Å². The number of hydrazone groups is 1. The molecule has 0 aliphatic heterocycles. The van der Waals surface area contributed by atoms with Gasteiger partial charge in [0.2, 0.25) is 0 Å². The summed E-state index contributed by atoms with van der Waals surface area (Å²) in [5.41, 5.74) is 7.42. The first kappa shape index (κ1) is 25.4. The number of rotatable bonds is 8. The van der Waals surface area contributed by atoms with Gasteiger partial charge in [-0.2, -0.15) is 10.2 Å². The van der Waals surface area contributed by atoms with E-state index < -0.39 is 0 Å². The Morgan fingerprint density at radius 3 is 2.37 bits per heavy atom. The molecule has 0 radical (unpaired) electrons. The number of benzene rings is 4. The van der Waals surface area contributed by atoms with Gasteiger partial charge in [-0.25, -0.2) is 10.1 Å². The Balaban J connectivity index is 1.27. The van der Waals surface area contributed by atoms with Crippen LogP contribution in [-0.2, 0) is 6.61 Å². The van der Waals surface area contributed by atoms with E-state index in [1.54, 1.807) is 35.2 Å². The number of nitrogens with zero attached hydrogens (tertiary/aromatic N) is 3. The number of carbonyl (C=O) groups is 1. The van der Waals surface area contributed by atoms with Crippen LogP contribution in [0, 0.1) is 0 Å². The van der Waals surface area contributed by atoms with Crippen LogP contribution in [0.1, 0.15) is 21.5 Å². The second-order valence-electron chi connectivity index (χ2n) is 8.36. The maximum Gasteiger partial charge on any atom is 0.271 e. The van der Waals surface area contributed by atoms with Crippen LogP contribution >= 0.6 is 27.5 Å². The molecule has 1 N–H and O–H groups in total. The van der Waals surface area contributed by atoms with Crippen LogP contribution < -0.4 is 10.2 Å². The molecule has 5 rings (SSSR count). The average molecular weight is 586 g/mol. The van der Waals surface area contributed by atoms with Gasteiger partial charge in [-0.05, 0) is 66.2 Å². The van der Waals surface area contributed by atoms with Crippen LogP contribution in [0.25, 0.3) is 16.9 Å². The summed E-state index contributed by atoms with van der Waals surface area (Å²) in [6.45, 7) is 0.381. The van der Waals surface area contributed by atoms with Crippen LogP contribution in [0.2, 0.25) is 5.02 Å². The Morgan fingerprint density at radius 1 is 0.947 bits per heavy atom. The fourth-order valence-corrected chi connectivity index (χ4v) is 4.09. The number of hydrogen-bond donors (Lipinski definition) is 1. The normalized spacial score (nSPS) is 11.0. The first-order valence-electron chi connectivity index (χ1n) is 11.8. The minimum absolute atomic E-state index is 0.313. The number of ether oxygens (including phenoxy) is 1. The molecular weight excluding hydrogens is 564 g/mol. The van der Waals surface area contributed by atoms with Crippen LogP contribution in [0.3, 0.4) is 0 Å². The summed E-state index contributed by atoms with van der Waals surface area (Å²) in [7, 11) is 0. The Morgan fingerprint density at radius 2 is 1.66 bits per heavy atom. The van der Waals surface area contributed by atoms with Crippen molar-refractivity contribution in [2.75, 3.05) is 0 Å². The Bertz CT molecular complexity index is 1550. The van der Waals surface area contributed by atoms with Gasteiger partial charge in [0.15, 0.2) is 0 Å². The number of amides is 1. The van der Waals surface area contributed by atoms with E-state index in [0.29, 0.717) is 17.2 Å². The van der Waals surface area contributed by atoms with Gasteiger partial charge in [-0.3, -0.25) is 4.79 Å². The largest absolute Gasteiger partial charge is 0.489 e. The molecule has 0 spiro atoms. The van der Waals surface area contributed by atoms with E-state index in [9.17, 15) is 4.79 Å². The summed E-state index contributed by atoms with van der Waals surface area (Å²) in [4.78, 5) is 12.7. The standard InChI is InChI=1S/C30H22BrClN4O2/c31-25-12-10-22(11-13-25)29-24(19-36(35-29)27-4-2-1-3-5-27)18-33-34-30(37)23-8-6-21(7-9-23)20-38-28-16-14-26(32)15-17-28/h1-19H,20H2,(H,34,37). The molecule has 1 aromatic heterocycles. The molecule has 6 nitrogen and oxygen atoms in total. The monoisotopic (exact) mass is 584 g/mol. The lowest BCUT2D eigenvalue weighted by molar-refractivity contribution is 0.0955. The third kappa shape index (κ3) is 6.37. The third-order valence-corrected chi connectivity index (χ3v) is 6.47. The third-order valence-electron chi connectivity index (χ3n) is 5.69. The number of nitrogens with one attached hydrogen (secondary N) is 1. The van der Waals surface area contributed by atoms with Gasteiger partial charge in [0.1, 0.15) is 18.1 Å². The first-order valence-corrected chi connectivity index (χ1v) is 12.9. The summed E-state index contributed by atoms with van der Waals surface area (Å²) in [5.74, 6) is 0.413. The first-order chi connectivity index (χ1) is 18.5. The van der Waals surface area contributed by atoms with Crippen LogP contribution in [-0.4, -0.2) is 21.9 Å². The molecule has 0 unspecified atom stereocenters. The molecule has 0 atom stereocenters. The van der Waals surface area contributed by atoms with Crippen molar-refractivity contribution in [3.05, 3.63) is 136 Å². The minimum Gasteiger partial charge on any atom is -0.489 e. The summed E-state index contributed by atoms with van der Waals surface area (Å²) < 4.78 is 8.53. The molecule has 1 amide bonds. The molecule has 0 fully saturated rings. The highest BCUT2D eigenvalue weighted by molar-refractivity contribution is 9.10. The smallest absolute Gasteiger partial charge is 0.271 e. The molecule has 0 saturated carbocycles. The lowest BCUT2D eigenvalue weighted by Crippen LogP contribution is -2.17. The average Bonchev–Trinajstić information content (AvgIpc) is 3.38. The van der Waals surface area contributed by atoms with Crippen molar-refractivity contribution in [2.24, 2.45) is 5.10 Å². The van der Waals surface area contributed by atoms with Gasteiger partial charge in [0.25, 0.3) is 5.91 Å². The molecule has 38 heavy (non-hydrogen) atoms. The lowest BCUT2D eigenvalue weighted by atomic mass is 10.1. The Kier molecular flexibility index (Phi) is 7.97. The van der Waals surface area contributed by atoms with Crippen molar-refractivity contribution in [3.63, 3.8) is 0 Å². The fraction of sp³-hybridized carbons (Fsp3) is 0.0333. The molecule has 0 aliphatic rings. The van der Waals surface area contributed by atoms with Gasteiger partial charge in [0, 0.05) is 32.4 Å². The molecule has 0 bridgehead atoms. The van der Waals surface area contributed by atoms with Gasteiger partial charge < -0.3 is 4.74 Å². The molecular formula is C30H22BrClN4O2. The maximum atomic E-state index is 12.7. The van der Waals surface area contributed by atoms with E-state index in [4.69, 9.17) is 21.4 Å². The summed E-state index contributed by atoms with van der Waals surface area (Å²) in [6, 6.07) is 32.1. The predicted octanol–water partition coefficient (Wildman–Crippen LogP) is 7.30. The van der Waals surface area contributed by atoms with E-state index >= 15 is 0 Å². The van der Waals surface area contributed by atoms with Crippen molar-refractivity contribution in [2.45, 2.75) is 6.61 Å². The highest BCUT2D eigenvalue weighted by Crippen LogP contribution is 2.24. The number of halogens is 2. The zero-order valence-corrected chi connectivity index (χ0v) is 22.4.